The highest BCUT2D eigenvalue weighted by molar-refractivity contribution is 14.0. The highest BCUT2D eigenvalue weighted by Crippen LogP contribution is 2.16. The van der Waals surface area contributed by atoms with Crippen molar-refractivity contribution in [3.63, 3.8) is 0 Å². The van der Waals surface area contributed by atoms with E-state index >= 15 is 0 Å². The first-order valence-corrected chi connectivity index (χ1v) is 8.03. The van der Waals surface area contributed by atoms with Crippen molar-refractivity contribution >= 4 is 29.9 Å². The zero-order valence-electron chi connectivity index (χ0n) is 14.8. The number of methoxy groups -OCH3 is 1. The molecule has 0 aliphatic rings. The molecular weight excluding hydrogens is 403 g/mol. The van der Waals surface area contributed by atoms with Crippen molar-refractivity contribution < 1.29 is 4.74 Å². The number of ether oxygens (including phenoxy) is 1. The lowest BCUT2D eigenvalue weighted by Crippen LogP contribution is -2.41. The van der Waals surface area contributed by atoms with Gasteiger partial charge in [0, 0.05) is 32.2 Å². The molecule has 5 nitrogen and oxygen atoms in total. The molecule has 6 heteroatoms. The Balaban J connectivity index is 0.00000484. The number of hydrogen-bond acceptors (Lipinski definition) is 3. The molecule has 0 atom stereocenters. The molecule has 0 radical (unpaired) electrons. The minimum atomic E-state index is 0. The molecule has 0 saturated heterocycles. The molecule has 0 amide bonds. The highest BCUT2D eigenvalue weighted by atomic mass is 127. The first-order valence-electron chi connectivity index (χ1n) is 8.03. The maximum absolute atomic E-state index is 5.36. The minimum Gasteiger partial charge on any atom is -0.496 e. The number of nitrogens with zero attached hydrogens (tertiary/aromatic N) is 2. The molecule has 1 rings (SSSR count). The SMILES string of the molecule is CCCN(CC)CCNC(=NC)NCc1ccccc1OC.I. The first-order chi connectivity index (χ1) is 10.7. The van der Waals surface area contributed by atoms with Gasteiger partial charge in [0.2, 0.25) is 0 Å². The van der Waals surface area contributed by atoms with Gasteiger partial charge in [0.1, 0.15) is 5.75 Å². The zero-order valence-corrected chi connectivity index (χ0v) is 17.1. The van der Waals surface area contributed by atoms with Crippen molar-refractivity contribution in [1.82, 2.24) is 15.5 Å². The number of halogens is 1. The van der Waals surface area contributed by atoms with Crippen molar-refractivity contribution in [3.05, 3.63) is 29.8 Å². The standard InChI is InChI=1S/C17H30N4O.HI/c1-5-12-21(6-2)13-11-19-17(18-3)20-14-15-9-7-8-10-16(15)22-4;/h7-10H,5-6,11-14H2,1-4H3,(H2,18,19,20);1H. The van der Waals surface area contributed by atoms with Crippen LogP contribution in [0, 0.1) is 0 Å². The number of likely N-dealkylation sites (N-methyl/N-ethyl adjacent to an activating group) is 1. The molecule has 0 fully saturated rings. The Morgan fingerprint density at radius 2 is 1.91 bits per heavy atom. The van der Waals surface area contributed by atoms with Gasteiger partial charge in [0.05, 0.1) is 7.11 Å². The van der Waals surface area contributed by atoms with Gasteiger partial charge in [0.15, 0.2) is 5.96 Å². The summed E-state index contributed by atoms with van der Waals surface area (Å²) in [5.41, 5.74) is 1.12. The molecule has 0 aliphatic heterocycles. The molecule has 0 spiro atoms. The van der Waals surface area contributed by atoms with E-state index in [0.29, 0.717) is 6.54 Å². The molecule has 2 N–H and O–H groups in total. The number of rotatable bonds is 9. The fraction of sp³-hybridized carbons (Fsp3) is 0.588. The number of nitrogens with one attached hydrogen (secondary N) is 2. The van der Waals surface area contributed by atoms with Gasteiger partial charge in [-0.3, -0.25) is 4.99 Å². The van der Waals surface area contributed by atoms with Crippen LogP contribution in [0.15, 0.2) is 29.3 Å². The predicted molar refractivity (Wildman–Crippen MR) is 109 cm³/mol. The van der Waals surface area contributed by atoms with Crippen LogP contribution in [-0.4, -0.2) is 51.2 Å². The Kier molecular flexibility index (Phi) is 12.8. The second-order valence-electron chi connectivity index (χ2n) is 5.10. The lowest BCUT2D eigenvalue weighted by molar-refractivity contribution is 0.293. The van der Waals surface area contributed by atoms with E-state index in [-0.39, 0.29) is 24.0 Å². The van der Waals surface area contributed by atoms with Gasteiger partial charge in [0.25, 0.3) is 0 Å². The summed E-state index contributed by atoms with van der Waals surface area (Å²) in [7, 11) is 3.49. The smallest absolute Gasteiger partial charge is 0.191 e. The van der Waals surface area contributed by atoms with E-state index in [1.807, 2.05) is 18.2 Å². The van der Waals surface area contributed by atoms with Crippen LogP contribution < -0.4 is 15.4 Å². The Morgan fingerprint density at radius 1 is 1.17 bits per heavy atom. The molecule has 1 aromatic carbocycles. The van der Waals surface area contributed by atoms with Crippen LogP contribution in [-0.2, 0) is 6.54 Å². The topological polar surface area (TPSA) is 48.9 Å². The molecule has 23 heavy (non-hydrogen) atoms. The third-order valence-corrected chi connectivity index (χ3v) is 3.57. The van der Waals surface area contributed by atoms with Crippen molar-refractivity contribution in [1.29, 1.82) is 0 Å². The zero-order chi connectivity index (χ0) is 16.2. The van der Waals surface area contributed by atoms with Gasteiger partial charge >= 0.3 is 0 Å². The molecule has 1 aromatic rings. The van der Waals surface area contributed by atoms with Gasteiger partial charge in [-0.05, 0) is 25.6 Å². The Hall–Kier alpha value is -1.02. The number of benzene rings is 1. The molecule has 132 valence electrons. The van der Waals surface area contributed by atoms with E-state index in [1.165, 1.54) is 6.42 Å². The van der Waals surface area contributed by atoms with Gasteiger partial charge < -0.3 is 20.3 Å². The third kappa shape index (κ3) is 8.41. The largest absolute Gasteiger partial charge is 0.496 e. The molecule has 0 bridgehead atoms. The average Bonchev–Trinajstić information content (AvgIpc) is 2.57. The monoisotopic (exact) mass is 434 g/mol. The second kappa shape index (κ2) is 13.4. The van der Waals surface area contributed by atoms with E-state index in [9.17, 15) is 0 Å². The van der Waals surface area contributed by atoms with E-state index in [0.717, 1.165) is 43.5 Å². The van der Waals surface area contributed by atoms with Crippen LogP contribution in [0.5, 0.6) is 5.75 Å². The lowest BCUT2D eigenvalue weighted by atomic mass is 10.2. The summed E-state index contributed by atoms with van der Waals surface area (Å²) in [5, 5.41) is 6.68. The molecule has 0 unspecified atom stereocenters. The summed E-state index contributed by atoms with van der Waals surface area (Å²) >= 11 is 0. The Bertz CT molecular complexity index is 454. The lowest BCUT2D eigenvalue weighted by Gasteiger charge is -2.20. The summed E-state index contributed by atoms with van der Waals surface area (Å²) in [5.74, 6) is 1.71. The van der Waals surface area contributed by atoms with Crippen molar-refractivity contribution in [2.75, 3.05) is 40.3 Å². The molecule has 0 heterocycles. The first kappa shape index (κ1) is 22.0. The van der Waals surface area contributed by atoms with Gasteiger partial charge in [-0.1, -0.05) is 32.0 Å². The molecule has 0 aliphatic carbocycles. The van der Waals surface area contributed by atoms with Crippen LogP contribution in [0.25, 0.3) is 0 Å². The third-order valence-electron chi connectivity index (χ3n) is 3.57. The summed E-state index contributed by atoms with van der Waals surface area (Å²) in [6, 6.07) is 8.01. The average molecular weight is 434 g/mol. The van der Waals surface area contributed by atoms with Crippen LogP contribution >= 0.6 is 24.0 Å². The van der Waals surface area contributed by atoms with Crippen molar-refractivity contribution in [2.24, 2.45) is 4.99 Å². The maximum atomic E-state index is 5.36. The van der Waals surface area contributed by atoms with Gasteiger partial charge in [-0.15, -0.1) is 24.0 Å². The van der Waals surface area contributed by atoms with E-state index in [4.69, 9.17) is 4.74 Å². The Morgan fingerprint density at radius 3 is 2.52 bits per heavy atom. The summed E-state index contributed by atoms with van der Waals surface area (Å²) in [6.07, 6.45) is 1.19. The Labute approximate surface area is 157 Å². The second-order valence-corrected chi connectivity index (χ2v) is 5.10. The van der Waals surface area contributed by atoms with Crippen molar-refractivity contribution in [3.8, 4) is 5.75 Å². The quantitative estimate of drug-likeness (QED) is 0.357. The van der Waals surface area contributed by atoms with E-state index < -0.39 is 0 Å². The maximum Gasteiger partial charge on any atom is 0.191 e. The summed E-state index contributed by atoms with van der Waals surface area (Å²) in [6.45, 7) is 9.25. The molecular formula is C17H31IN4O. The van der Waals surface area contributed by atoms with Gasteiger partial charge in [-0.25, -0.2) is 0 Å². The van der Waals surface area contributed by atoms with E-state index in [2.05, 4.69) is 40.4 Å². The van der Waals surface area contributed by atoms with Crippen LogP contribution in [0.3, 0.4) is 0 Å². The fourth-order valence-corrected chi connectivity index (χ4v) is 2.33. The van der Waals surface area contributed by atoms with Crippen LogP contribution in [0.4, 0.5) is 0 Å². The number of para-hydroxylation sites is 1. The van der Waals surface area contributed by atoms with Crippen molar-refractivity contribution in [2.45, 2.75) is 26.8 Å². The van der Waals surface area contributed by atoms with Crippen LogP contribution in [0.2, 0.25) is 0 Å². The molecule has 0 saturated carbocycles. The number of hydrogen-bond donors (Lipinski definition) is 2. The summed E-state index contributed by atoms with van der Waals surface area (Å²) in [4.78, 5) is 6.69. The number of aliphatic imine (C=N–C) groups is 1. The highest BCUT2D eigenvalue weighted by Gasteiger charge is 2.04. The molecule has 0 aromatic heterocycles. The van der Waals surface area contributed by atoms with Gasteiger partial charge in [-0.2, -0.15) is 0 Å². The summed E-state index contributed by atoms with van der Waals surface area (Å²) < 4.78 is 5.36. The van der Waals surface area contributed by atoms with Crippen LogP contribution in [0.1, 0.15) is 25.8 Å². The fourth-order valence-electron chi connectivity index (χ4n) is 2.33. The van der Waals surface area contributed by atoms with E-state index in [1.54, 1.807) is 14.2 Å². The predicted octanol–water partition coefficient (Wildman–Crippen LogP) is 2.71. The minimum absolute atomic E-state index is 0. The number of guanidine groups is 1. The normalized spacial score (nSPS) is 11.1.